The monoisotopic (exact) mass is 436 g/mol. The molecule has 2 saturated heterocycles. The lowest BCUT2D eigenvalue weighted by Gasteiger charge is -2.42. The van der Waals surface area contributed by atoms with Gasteiger partial charge in [-0.05, 0) is 49.6 Å². The van der Waals surface area contributed by atoms with Crippen LogP contribution in [0.4, 0.5) is 4.79 Å². The van der Waals surface area contributed by atoms with Crippen molar-refractivity contribution in [3.63, 3.8) is 0 Å². The molecule has 32 heavy (non-hydrogen) atoms. The van der Waals surface area contributed by atoms with Crippen LogP contribution in [0.1, 0.15) is 25.3 Å². The molecule has 2 N–H and O–H groups in total. The number of carbonyl (C=O) groups excluding carboxylic acids is 3. The average Bonchev–Trinajstić information content (AvgIpc) is 2.97. The molecule has 1 spiro atoms. The summed E-state index contributed by atoms with van der Waals surface area (Å²) in [6, 6.07) is 17.2. The predicted molar refractivity (Wildman–Crippen MR) is 119 cm³/mol. The zero-order valence-corrected chi connectivity index (χ0v) is 18.2. The van der Waals surface area contributed by atoms with Gasteiger partial charge in [0, 0.05) is 26.2 Å². The number of ether oxygens (including phenoxy) is 1. The lowest BCUT2D eigenvalue weighted by atomic mass is 9.85. The van der Waals surface area contributed by atoms with Gasteiger partial charge in [-0.25, -0.2) is 4.79 Å². The van der Waals surface area contributed by atoms with Gasteiger partial charge in [0.25, 0.3) is 5.91 Å². The normalized spacial score (nSPS) is 18.4. The number of imide groups is 1. The minimum Gasteiger partial charge on any atom is -0.457 e. The minimum absolute atomic E-state index is 0.305. The van der Waals surface area contributed by atoms with Crippen molar-refractivity contribution in [3.05, 3.63) is 60.2 Å². The first kappa shape index (κ1) is 21.8. The number of carbonyl (C=O) groups is 3. The molecule has 0 aliphatic carbocycles. The Morgan fingerprint density at radius 2 is 1.72 bits per heavy atom. The molecule has 2 aliphatic rings. The topological polar surface area (TPSA) is 96.2 Å². The maximum Gasteiger partial charge on any atom is 0.328 e. The largest absolute Gasteiger partial charge is 0.457 e. The van der Waals surface area contributed by atoms with Gasteiger partial charge >= 0.3 is 6.03 Å². The van der Waals surface area contributed by atoms with Crippen LogP contribution in [0.15, 0.2) is 54.6 Å². The average molecular weight is 437 g/mol. The number of primary amides is 1. The SMILES string of the molecule is CCN1C(=O)N(CC(N)=O)C(=O)C12CCN(Cc1cccc(Oc3ccccc3)c1)CC2. The van der Waals surface area contributed by atoms with Crippen LogP contribution in [0, 0.1) is 0 Å². The fourth-order valence-electron chi connectivity index (χ4n) is 4.67. The molecule has 4 amide bonds. The van der Waals surface area contributed by atoms with E-state index in [-0.39, 0.29) is 12.5 Å². The Kier molecular flexibility index (Phi) is 6.14. The van der Waals surface area contributed by atoms with E-state index < -0.39 is 17.5 Å². The van der Waals surface area contributed by atoms with Gasteiger partial charge in [-0.15, -0.1) is 0 Å². The third kappa shape index (κ3) is 4.18. The molecule has 0 unspecified atom stereocenters. The molecule has 168 valence electrons. The fourth-order valence-corrected chi connectivity index (χ4v) is 4.67. The standard InChI is InChI=1S/C24H28N4O4/c1-2-28-23(31)27(17-21(25)29)22(30)24(28)11-13-26(14-12-24)16-18-7-6-10-20(15-18)32-19-8-4-3-5-9-19/h3-10,15H,2,11-14,16-17H2,1H3,(H2,25,29). The second-order valence-electron chi connectivity index (χ2n) is 8.25. The number of nitrogens with zero attached hydrogens (tertiary/aromatic N) is 3. The van der Waals surface area contributed by atoms with Gasteiger partial charge in [0.05, 0.1) is 0 Å². The van der Waals surface area contributed by atoms with E-state index >= 15 is 0 Å². The Morgan fingerprint density at radius 3 is 2.38 bits per heavy atom. The summed E-state index contributed by atoms with van der Waals surface area (Å²) >= 11 is 0. The smallest absolute Gasteiger partial charge is 0.328 e. The molecule has 2 aromatic rings. The maximum atomic E-state index is 13.1. The van der Waals surface area contributed by atoms with Crippen molar-refractivity contribution in [2.75, 3.05) is 26.2 Å². The molecule has 2 heterocycles. The van der Waals surface area contributed by atoms with Crippen LogP contribution >= 0.6 is 0 Å². The molecule has 0 aromatic heterocycles. The third-order valence-corrected chi connectivity index (χ3v) is 6.22. The number of piperidine rings is 1. The summed E-state index contributed by atoms with van der Waals surface area (Å²) < 4.78 is 5.93. The highest BCUT2D eigenvalue weighted by molar-refractivity contribution is 6.09. The summed E-state index contributed by atoms with van der Waals surface area (Å²) in [4.78, 5) is 42.0. The molecule has 0 radical (unpaired) electrons. The van der Waals surface area contributed by atoms with Crippen molar-refractivity contribution in [2.24, 2.45) is 5.73 Å². The Balaban J connectivity index is 1.42. The van der Waals surface area contributed by atoms with Crippen LogP contribution < -0.4 is 10.5 Å². The van der Waals surface area contributed by atoms with Crippen LogP contribution in [0.3, 0.4) is 0 Å². The summed E-state index contributed by atoms with van der Waals surface area (Å²) in [5, 5.41) is 0. The highest BCUT2D eigenvalue weighted by Crippen LogP contribution is 2.37. The molecule has 2 fully saturated rings. The van der Waals surface area contributed by atoms with Gasteiger partial charge < -0.3 is 15.4 Å². The van der Waals surface area contributed by atoms with E-state index in [0.29, 0.717) is 32.5 Å². The Hall–Kier alpha value is -3.39. The van der Waals surface area contributed by atoms with Crippen molar-refractivity contribution in [2.45, 2.75) is 31.8 Å². The van der Waals surface area contributed by atoms with E-state index in [1.54, 1.807) is 4.90 Å². The number of amides is 4. The van der Waals surface area contributed by atoms with Crippen LogP contribution in [0.5, 0.6) is 11.5 Å². The van der Waals surface area contributed by atoms with Gasteiger partial charge in [0.15, 0.2) is 0 Å². The summed E-state index contributed by atoms with van der Waals surface area (Å²) in [7, 11) is 0. The summed E-state index contributed by atoms with van der Waals surface area (Å²) in [6.07, 6.45) is 1.06. The van der Waals surface area contributed by atoms with Crippen LogP contribution in [0.25, 0.3) is 0 Å². The van der Waals surface area contributed by atoms with Gasteiger partial charge in [-0.1, -0.05) is 30.3 Å². The molecular formula is C24H28N4O4. The number of para-hydroxylation sites is 1. The van der Waals surface area contributed by atoms with Gasteiger partial charge in [0.2, 0.25) is 5.91 Å². The number of rotatable bonds is 7. The first-order valence-corrected chi connectivity index (χ1v) is 10.9. The van der Waals surface area contributed by atoms with Crippen LogP contribution in [-0.2, 0) is 16.1 Å². The third-order valence-electron chi connectivity index (χ3n) is 6.22. The van der Waals surface area contributed by atoms with E-state index in [2.05, 4.69) is 11.0 Å². The Labute approximate surface area is 187 Å². The van der Waals surface area contributed by atoms with E-state index in [1.165, 1.54) is 0 Å². The summed E-state index contributed by atoms with van der Waals surface area (Å²) in [5.41, 5.74) is 5.49. The second kappa shape index (κ2) is 9.00. The number of likely N-dealkylation sites (tertiary alicyclic amines) is 1. The van der Waals surface area contributed by atoms with E-state index in [0.717, 1.165) is 28.5 Å². The Bertz CT molecular complexity index is 1000. The summed E-state index contributed by atoms with van der Waals surface area (Å²) in [5.74, 6) is 0.572. The number of nitrogens with two attached hydrogens (primary N) is 1. The van der Waals surface area contributed by atoms with E-state index in [9.17, 15) is 14.4 Å². The zero-order chi connectivity index (χ0) is 22.7. The van der Waals surface area contributed by atoms with Crippen LogP contribution in [-0.4, -0.2) is 64.3 Å². The molecule has 2 aliphatic heterocycles. The maximum absolute atomic E-state index is 13.1. The molecule has 8 nitrogen and oxygen atoms in total. The van der Waals surface area contributed by atoms with Gasteiger partial charge in [-0.3, -0.25) is 19.4 Å². The summed E-state index contributed by atoms with van der Waals surface area (Å²) in [6.45, 7) is 3.96. The van der Waals surface area contributed by atoms with Crippen molar-refractivity contribution in [1.29, 1.82) is 0 Å². The number of benzene rings is 2. The first-order chi connectivity index (χ1) is 15.4. The van der Waals surface area contributed by atoms with E-state index in [4.69, 9.17) is 10.5 Å². The number of urea groups is 1. The number of hydrogen-bond donors (Lipinski definition) is 1. The van der Waals surface area contributed by atoms with E-state index in [1.807, 2.05) is 55.5 Å². The highest BCUT2D eigenvalue weighted by Gasteiger charge is 2.57. The molecule has 0 saturated carbocycles. The Morgan fingerprint density at radius 1 is 1.03 bits per heavy atom. The number of likely N-dealkylation sites (N-methyl/N-ethyl adjacent to an activating group) is 1. The minimum atomic E-state index is -0.879. The molecule has 4 rings (SSSR count). The zero-order valence-electron chi connectivity index (χ0n) is 18.2. The van der Waals surface area contributed by atoms with Crippen molar-refractivity contribution >= 4 is 17.8 Å². The first-order valence-electron chi connectivity index (χ1n) is 10.9. The van der Waals surface area contributed by atoms with Crippen molar-refractivity contribution in [3.8, 4) is 11.5 Å². The van der Waals surface area contributed by atoms with Crippen molar-refractivity contribution < 1.29 is 19.1 Å². The molecule has 2 aromatic carbocycles. The fraction of sp³-hybridized carbons (Fsp3) is 0.375. The molecule has 0 bridgehead atoms. The molecular weight excluding hydrogens is 408 g/mol. The number of hydrogen-bond acceptors (Lipinski definition) is 5. The second-order valence-corrected chi connectivity index (χ2v) is 8.25. The molecule has 0 atom stereocenters. The van der Waals surface area contributed by atoms with Gasteiger partial charge in [0.1, 0.15) is 23.6 Å². The molecule has 8 heteroatoms. The predicted octanol–water partition coefficient (Wildman–Crippen LogP) is 2.58. The van der Waals surface area contributed by atoms with Gasteiger partial charge in [-0.2, -0.15) is 0 Å². The van der Waals surface area contributed by atoms with Crippen molar-refractivity contribution in [1.82, 2.24) is 14.7 Å². The highest BCUT2D eigenvalue weighted by atomic mass is 16.5. The lowest BCUT2D eigenvalue weighted by molar-refractivity contribution is -0.137. The van der Waals surface area contributed by atoms with Crippen LogP contribution in [0.2, 0.25) is 0 Å². The quantitative estimate of drug-likeness (QED) is 0.673. The lowest BCUT2D eigenvalue weighted by Crippen LogP contribution is -2.56.